The number of halogens is 1. The molecule has 0 saturated heterocycles. The first-order chi connectivity index (χ1) is 9.93. The highest BCUT2D eigenvalue weighted by molar-refractivity contribution is 7.90. The van der Waals surface area contributed by atoms with Gasteiger partial charge in [-0.1, -0.05) is 23.7 Å². The molecule has 0 atom stereocenters. The predicted octanol–water partition coefficient (Wildman–Crippen LogP) is 2.32. The van der Waals surface area contributed by atoms with Crippen molar-refractivity contribution in [2.75, 3.05) is 0 Å². The molecule has 0 fully saturated rings. The van der Waals surface area contributed by atoms with Crippen LogP contribution in [-0.2, 0) is 10.0 Å². The summed E-state index contributed by atoms with van der Waals surface area (Å²) in [5.74, 6) is -1.68. The van der Waals surface area contributed by atoms with E-state index in [-0.39, 0.29) is 16.0 Å². The number of amides is 2. The van der Waals surface area contributed by atoms with E-state index in [4.69, 9.17) is 11.6 Å². The lowest BCUT2D eigenvalue weighted by Gasteiger charge is -2.14. The van der Waals surface area contributed by atoms with Gasteiger partial charge in [0, 0.05) is 5.02 Å². The minimum absolute atomic E-state index is 0.0834. The van der Waals surface area contributed by atoms with E-state index < -0.39 is 21.8 Å². The van der Waals surface area contributed by atoms with Crippen LogP contribution in [0, 0.1) is 0 Å². The molecule has 1 aliphatic rings. The second-order valence-electron chi connectivity index (χ2n) is 4.38. The zero-order valence-corrected chi connectivity index (χ0v) is 12.1. The van der Waals surface area contributed by atoms with Crippen LogP contribution in [-0.4, -0.2) is 24.5 Å². The van der Waals surface area contributed by atoms with Gasteiger partial charge in [-0.2, -0.15) is 4.31 Å². The van der Waals surface area contributed by atoms with Crippen LogP contribution in [0.4, 0.5) is 0 Å². The quantitative estimate of drug-likeness (QED) is 0.796. The minimum Gasteiger partial charge on any atom is -0.267 e. The van der Waals surface area contributed by atoms with Crippen molar-refractivity contribution in [2.24, 2.45) is 0 Å². The molecule has 21 heavy (non-hydrogen) atoms. The molecule has 0 aromatic heterocycles. The molecule has 0 spiro atoms. The third-order valence-electron chi connectivity index (χ3n) is 3.11. The van der Waals surface area contributed by atoms with E-state index in [0.717, 1.165) is 0 Å². The second-order valence-corrected chi connectivity index (χ2v) is 6.60. The second kappa shape index (κ2) is 4.68. The summed E-state index contributed by atoms with van der Waals surface area (Å²) in [6.45, 7) is 0. The van der Waals surface area contributed by atoms with Gasteiger partial charge in [0.05, 0.1) is 16.0 Å². The Hall–Kier alpha value is -2.18. The van der Waals surface area contributed by atoms with Crippen molar-refractivity contribution in [3.8, 4) is 0 Å². The van der Waals surface area contributed by atoms with E-state index >= 15 is 0 Å². The van der Waals surface area contributed by atoms with Crippen molar-refractivity contribution < 1.29 is 18.0 Å². The van der Waals surface area contributed by atoms with Gasteiger partial charge in [-0.3, -0.25) is 9.59 Å². The number of rotatable bonds is 2. The number of benzene rings is 2. The fraction of sp³-hybridized carbons (Fsp3) is 0. The van der Waals surface area contributed by atoms with E-state index in [9.17, 15) is 18.0 Å². The maximum atomic E-state index is 12.5. The van der Waals surface area contributed by atoms with E-state index in [1.807, 2.05) is 0 Å². The van der Waals surface area contributed by atoms with Crippen molar-refractivity contribution >= 4 is 33.4 Å². The molecular formula is C14H8ClNO4S. The third kappa shape index (κ3) is 2.03. The minimum atomic E-state index is -4.25. The molecule has 2 amide bonds. The largest absolute Gasteiger partial charge is 0.275 e. The average molecular weight is 322 g/mol. The zero-order chi connectivity index (χ0) is 15.2. The topological polar surface area (TPSA) is 71.5 Å². The molecule has 2 aromatic carbocycles. The molecule has 5 nitrogen and oxygen atoms in total. The van der Waals surface area contributed by atoms with Crippen LogP contribution >= 0.6 is 11.6 Å². The van der Waals surface area contributed by atoms with Crippen LogP contribution in [0.3, 0.4) is 0 Å². The standard InChI is InChI=1S/C14H8ClNO4S/c15-9-5-7-10(8-6-9)21(19,20)16-13(17)11-3-1-2-4-12(11)14(16)18/h1-8H. The molecule has 1 heterocycles. The Labute approximate surface area is 125 Å². The van der Waals surface area contributed by atoms with Gasteiger partial charge in [0.1, 0.15) is 0 Å². The first kappa shape index (κ1) is 13.8. The molecule has 3 rings (SSSR count). The number of nitrogens with zero attached hydrogens (tertiary/aromatic N) is 1. The Morgan fingerprint density at radius 2 is 1.29 bits per heavy atom. The fourth-order valence-electron chi connectivity index (χ4n) is 2.10. The maximum absolute atomic E-state index is 12.5. The van der Waals surface area contributed by atoms with Gasteiger partial charge in [0.25, 0.3) is 21.8 Å². The van der Waals surface area contributed by atoms with Crippen LogP contribution in [0.15, 0.2) is 53.4 Å². The number of hydrogen-bond acceptors (Lipinski definition) is 4. The number of imide groups is 1. The zero-order valence-electron chi connectivity index (χ0n) is 10.5. The molecule has 0 radical (unpaired) electrons. The van der Waals surface area contributed by atoms with Gasteiger partial charge < -0.3 is 0 Å². The smallest absolute Gasteiger partial charge is 0.267 e. The number of carbonyl (C=O) groups is 2. The summed E-state index contributed by atoms with van der Waals surface area (Å²) in [4.78, 5) is 24.2. The van der Waals surface area contributed by atoms with Crippen LogP contribution in [0.1, 0.15) is 20.7 Å². The van der Waals surface area contributed by atoms with Gasteiger partial charge in [-0.15, -0.1) is 0 Å². The lowest BCUT2D eigenvalue weighted by molar-refractivity contribution is 0.0765. The summed E-state index contributed by atoms with van der Waals surface area (Å²) in [5.41, 5.74) is 0.167. The van der Waals surface area contributed by atoms with Crippen molar-refractivity contribution in [3.63, 3.8) is 0 Å². The summed E-state index contributed by atoms with van der Waals surface area (Å²) in [6, 6.07) is 11.3. The molecule has 7 heteroatoms. The van der Waals surface area contributed by atoms with Crippen LogP contribution < -0.4 is 0 Å². The van der Waals surface area contributed by atoms with Gasteiger partial charge in [-0.25, -0.2) is 8.42 Å². The number of carbonyl (C=O) groups excluding carboxylic acids is 2. The summed E-state index contributed by atoms with van der Waals surface area (Å²) >= 11 is 5.71. The van der Waals surface area contributed by atoms with Crippen molar-refractivity contribution in [3.05, 3.63) is 64.7 Å². The van der Waals surface area contributed by atoms with Gasteiger partial charge in [0.2, 0.25) is 0 Å². The van der Waals surface area contributed by atoms with Gasteiger partial charge in [-0.05, 0) is 36.4 Å². The van der Waals surface area contributed by atoms with E-state index in [0.29, 0.717) is 9.33 Å². The lowest BCUT2D eigenvalue weighted by atomic mass is 10.1. The first-order valence-corrected chi connectivity index (χ1v) is 7.73. The molecule has 0 aliphatic carbocycles. The van der Waals surface area contributed by atoms with E-state index in [2.05, 4.69) is 0 Å². The Balaban J connectivity index is 2.12. The number of sulfonamides is 1. The maximum Gasteiger partial charge on any atom is 0.275 e. The Morgan fingerprint density at radius 1 is 0.810 bits per heavy atom. The summed E-state index contributed by atoms with van der Waals surface area (Å²) in [7, 11) is -4.25. The van der Waals surface area contributed by atoms with Crippen LogP contribution in [0.5, 0.6) is 0 Å². The molecule has 0 saturated carbocycles. The Kier molecular flexibility index (Phi) is 3.07. The van der Waals surface area contributed by atoms with E-state index in [1.54, 1.807) is 12.1 Å². The first-order valence-electron chi connectivity index (χ1n) is 5.91. The molecule has 106 valence electrons. The average Bonchev–Trinajstić information content (AvgIpc) is 2.72. The Morgan fingerprint density at radius 3 is 1.76 bits per heavy atom. The number of hydrogen-bond donors (Lipinski definition) is 0. The molecule has 0 bridgehead atoms. The van der Waals surface area contributed by atoms with Crippen LogP contribution in [0.25, 0.3) is 0 Å². The lowest BCUT2D eigenvalue weighted by Crippen LogP contribution is -2.36. The molecule has 1 aliphatic heterocycles. The fourth-order valence-corrected chi connectivity index (χ4v) is 3.55. The van der Waals surface area contributed by atoms with Crippen LogP contribution in [0.2, 0.25) is 5.02 Å². The SMILES string of the molecule is O=C1c2ccccc2C(=O)N1S(=O)(=O)c1ccc(Cl)cc1. The Bertz CT molecular complexity index is 824. The third-order valence-corrected chi connectivity index (χ3v) is 5.04. The van der Waals surface area contributed by atoms with Crippen molar-refractivity contribution in [1.82, 2.24) is 4.31 Å². The molecule has 0 unspecified atom stereocenters. The van der Waals surface area contributed by atoms with Crippen molar-refractivity contribution in [1.29, 1.82) is 0 Å². The number of fused-ring (bicyclic) bond motifs is 1. The van der Waals surface area contributed by atoms with Gasteiger partial charge in [0.15, 0.2) is 0 Å². The summed E-state index contributed by atoms with van der Waals surface area (Å²) in [6.07, 6.45) is 0. The van der Waals surface area contributed by atoms with Gasteiger partial charge >= 0.3 is 0 Å². The highest BCUT2D eigenvalue weighted by atomic mass is 35.5. The molecule has 2 aromatic rings. The normalized spacial score (nSPS) is 14.4. The predicted molar refractivity (Wildman–Crippen MR) is 75.6 cm³/mol. The highest BCUT2D eigenvalue weighted by Gasteiger charge is 2.43. The van der Waals surface area contributed by atoms with E-state index in [1.165, 1.54) is 36.4 Å². The van der Waals surface area contributed by atoms with Crippen molar-refractivity contribution in [2.45, 2.75) is 4.90 Å². The monoisotopic (exact) mass is 321 g/mol. The molecule has 0 N–H and O–H groups in total. The molecular weight excluding hydrogens is 314 g/mol. The summed E-state index contributed by atoms with van der Waals surface area (Å²) < 4.78 is 25.2. The summed E-state index contributed by atoms with van der Waals surface area (Å²) in [5, 5.41) is 0.358. The highest BCUT2D eigenvalue weighted by Crippen LogP contribution is 2.28.